The number of nitrogens with zero attached hydrogens (tertiary/aromatic N) is 1. The number of para-hydroxylation sites is 1. The lowest BCUT2D eigenvalue weighted by Gasteiger charge is -2.24. The summed E-state index contributed by atoms with van der Waals surface area (Å²) in [6.07, 6.45) is 4.94. The van der Waals surface area contributed by atoms with E-state index < -0.39 is 10.0 Å². The van der Waals surface area contributed by atoms with Crippen LogP contribution >= 0.6 is 0 Å². The number of sulfonamides is 1. The van der Waals surface area contributed by atoms with Crippen LogP contribution < -0.4 is 9.62 Å². The molecule has 1 N–H and O–H groups in total. The van der Waals surface area contributed by atoms with Crippen molar-refractivity contribution in [3.8, 4) is 0 Å². The first-order valence-electron chi connectivity index (χ1n) is 9.50. The van der Waals surface area contributed by atoms with E-state index in [-0.39, 0.29) is 22.9 Å². The summed E-state index contributed by atoms with van der Waals surface area (Å²) in [5.74, 6) is -0.200. The van der Waals surface area contributed by atoms with E-state index in [0.29, 0.717) is 12.0 Å². The van der Waals surface area contributed by atoms with Gasteiger partial charge in [-0.1, -0.05) is 37.1 Å². The second-order valence-corrected chi connectivity index (χ2v) is 9.28. The third-order valence-corrected chi connectivity index (χ3v) is 7.41. The topological polar surface area (TPSA) is 66.5 Å². The summed E-state index contributed by atoms with van der Waals surface area (Å²) in [6, 6.07) is 14.0. The highest BCUT2D eigenvalue weighted by Crippen LogP contribution is 2.36. The van der Waals surface area contributed by atoms with Gasteiger partial charge in [0.15, 0.2) is 0 Å². The first-order chi connectivity index (χ1) is 13.0. The molecule has 2 aromatic rings. The maximum absolute atomic E-state index is 13.3. The third kappa shape index (κ3) is 3.34. The van der Waals surface area contributed by atoms with Crippen LogP contribution in [0.2, 0.25) is 0 Å². The summed E-state index contributed by atoms with van der Waals surface area (Å²) in [4.78, 5) is 12.7. The van der Waals surface area contributed by atoms with Crippen molar-refractivity contribution in [3.05, 3.63) is 59.7 Å². The van der Waals surface area contributed by atoms with Gasteiger partial charge in [0, 0.05) is 17.6 Å². The Kier molecular flexibility index (Phi) is 4.68. The van der Waals surface area contributed by atoms with Crippen molar-refractivity contribution in [2.75, 3.05) is 4.31 Å². The number of rotatable bonds is 4. The Bertz CT molecular complexity index is 965. The van der Waals surface area contributed by atoms with Gasteiger partial charge in [0.05, 0.1) is 10.6 Å². The Morgan fingerprint density at radius 1 is 1.07 bits per heavy atom. The van der Waals surface area contributed by atoms with Crippen molar-refractivity contribution in [1.82, 2.24) is 5.32 Å². The van der Waals surface area contributed by atoms with Gasteiger partial charge in [-0.05, 0) is 56.0 Å². The lowest BCUT2D eigenvalue weighted by molar-refractivity contribution is 0.0937. The zero-order valence-electron chi connectivity index (χ0n) is 15.4. The monoisotopic (exact) mass is 384 g/mol. The summed E-state index contributed by atoms with van der Waals surface area (Å²) < 4.78 is 28.1. The Hall–Kier alpha value is -2.34. The number of hydrogen-bond donors (Lipinski definition) is 1. The van der Waals surface area contributed by atoms with Gasteiger partial charge in [0.1, 0.15) is 0 Å². The average molecular weight is 385 g/mol. The second-order valence-electron chi connectivity index (χ2n) is 7.47. The molecule has 0 radical (unpaired) electrons. The van der Waals surface area contributed by atoms with Crippen LogP contribution in [0.4, 0.5) is 5.69 Å². The highest BCUT2D eigenvalue weighted by molar-refractivity contribution is 7.92. The fourth-order valence-electron chi connectivity index (χ4n) is 4.15. The quantitative estimate of drug-likeness (QED) is 0.877. The Balaban J connectivity index is 1.64. The van der Waals surface area contributed by atoms with Crippen LogP contribution in [0.1, 0.15) is 48.5 Å². The van der Waals surface area contributed by atoms with Crippen LogP contribution in [0.15, 0.2) is 53.4 Å². The van der Waals surface area contributed by atoms with E-state index in [1.54, 1.807) is 18.2 Å². The molecular weight excluding hydrogens is 360 g/mol. The molecule has 1 amide bonds. The fourth-order valence-corrected chi connectivity index (χ4v) is 5.89. The van der Waals surface area contributed by atoms with Crippen LogP contribution in [-0.2, 0) is 16.4 Å². The predicted molar refractivity (Wildman–Crippen MR) is 105 cm³/mol. The molecule has 1 saturated carbocycles. The third-order valence-electron chi connectivity index (χ3n) is 5.49. The van der Waals surface area contributed by atoms with Gasteiger partial charge in [-0.2, -0.15) is 0 Å². The minimum Gasteiger partial charge on any atom is -0.349 e. The number of nitrogens with one attached hydrogen (secondary N) is 1. The van der Waals surface area contributed by atoms with Crippen molar-refractivity contribution in [1.29, 1.82) is 0 Å². The molecule has 1 atom stereocenters. The van der Waals surface area contributed by atoms with Crippen molar-refractivity contribution in [2.24, 2.45) is 0 Å². The normalized spacial score (nSPS) is 19.9. The minimum atomic E-state index is -3.73. The number of anilines is 1. The summed E-state index contributed by atoms with van der Waals surface area (Å²) in [5.41, 5.74) is 2.15. The zero-order chi connectivity index (χ0) is 19.0. The standard InChI is InChI=1S/C21H24N2O3S/c1-15-13-16-7-2-5-12-20(16)23(15)27(25,26)19-11-6-8-17(14-19)21(24)22-18-9-3-4-10-18/h2,5-8,11-12,14-15,18H,3-4,9-10,13H2,1H3,(H,22,24). The van der Waals surface area contributed by atoms with Gasteiger partial charge >= 0.3 is 0 Å². The Morgan fingerprint density at radius 2 is 1.81 bits per heavy atom. The highest BCUT2D eigenvalue weighted by atomic mass is 32.2. The predicted octanol–water partition coefficient (Wildman–Crippen LogP) is 3.50. The van der Waals surface area contributed by atoms with E-state index in [2.05, 4.69) is 5.32 Å². The van der Waals surface area contributed by atoms with Gasteiger partial charge in [0.25, 0.3) is 15.9 Å². The van der Waals surface area contributed by atoms with Gasteiger partial charge < -0.3 is 5.32 Å². The molecule has 142 valence electrons. The van der Waals surface area contributed by atoms with Crippen LogP contribution in [0.5, 0.6) is 0 Å². The molecule has 5 nitrogen and oxygen atoms in total. The van der Waals surface area contributed by atoms with E-state index in [9.17, 15) is 13.2 Å². The van der Waals surface area contributed by atoms with E-state index in [0.717, 1.165) is 36.9 Å². The maximum atomic E-state index is 13.3. The number of carbonyl (C=O) groups is 1. The average Bonchev–Trinajstić information content (AvgIpc) is 3.28. The lowest BCUT2D eigenvalue weighted by atomic mass is 10.1. The summed E-state index contributed by atoms with van der Waals surface area (Å²) in [7, 11) is -3.73. The molecule has 6 heteroatoms. The summed E-state index contributed by atoms with van der Waals surface area (Å²) in [6.45, 7) is 1.91. The fraction of sp³-hybridized carbons (Fsp3) is 0.381. The SMILES string of the molecule is CC1Cc2ccccc2N1S(=O)(=O)c1cccc(C(=O)NC2CCCC2)c1. The van der Waals surface area contributed by atoms with Gasteiger partial charge in [-0.15, -0.1) is 0 Å². The number of amides is 1. The highest BCUT2D eigenvalue weighted by Gasteiger charge is 2.36. The molecule has 2 aliphatic rings. The van der Waals surface area contributed by atoms with Gasteiger partial charge in [-0.3, -0.25) is 9.10 Å². The van der Waals surface area contributed by atoms with E-state index in [1.165, 1.54) is 10.4 Å². The second kappa shape index (κ2) is 7.00. The van der Waals surface area contributed by atoms with Crippen LogP contribution in [-0.4, -0.2) is 26.4 Å². The maximum Gasteiger partial charge on any atom is 0.264 e. The molecule has 4 rings (SSSR count). The number of benzene rings is 2. The molecule has 0 spiro atoms. The molecule has 1 aliphatic heterocycles. The summed E-state index contributed by atoms with van der Waals surface area (Å²) in [5, 5.41) is 3.02. The number of hydrogen-bond acceptors (Lipinski definition) is 3. The molecule has 2 aromatic carbocycles. The molecule has 1 aliphatic carbocycles. The molecule has 27 heavy (non-hydrogen) atoms. The Morgan fingerprint density at radius 3 is 2.59 bits per heavy atom. The van der Waals surface area contributed by atoms with Crippen molar-refractivity contribution >= 4 is 21.6 Å². The van der Waals surface area contributed by atoms with Crippen LogP contribution in [0, 0.1) is 0 Å². The van der Waals surface area contributed by atoms with E-state index in [4.69, 9.17) is 0 Å². The van der Waals surface area contributed by atoms with Crippen LogP contribution in [0.25, 0.3) is 0 Å². The van der Waals surface area contributed by atoms with Crippen LogP contribution in [0.3, 0.4) is 0 Å². The molecular formula is C21H24N2O3S. The van der Waals surface area contributed by atoms with Gasteiger partial charge in [0.2, 0.25) is 0 Å². The van der Waals surface area contributed by atoms with E-state index in [1.807, 2.05) is 31.2 Å². The Labute approximate surface area is 160 Å². The molecule has 0 saturated heterocycles. The summed E-state index contributed by atoms with van der Waals surface area (Å²) >= 11 is 0. The molecule has 1 heterocycles. The van der Waals surface area contributed by atoms with Crippen molar-refractivity contribution < 1.29 is 13.2 Å². The zero-order valence-corrected chi connectivity index (χ0v) is 16.2. The molecule has 1 fully saturated rings. The number of fused-ring (bicyclic) bond motifs is 1. The lowest BCUT2D eigenvalue weighted by Crippen LogP contribution is -2.36. The molecule has 1 unspecified atom stereocenters. The first kappa shape index (κ1) is 18.0. The van der Waals surface area contributed by atoms with Gasteiger partial charge in [-0.25, -0.2) is 8.42 Å². The smallest absolute Gasteiger partial charge is 0.264 e. The number of carbonyl (C=O) groups excluding carboxylic acids is 1. The molecule has 0 bridgehead atoms. The molecule has 0 aromatic heterocycles. The van der Waals surface area contributed by atoms with Crippen molar-refractivity contribution in [2.45, 2.75) is 56.0 Å². The van der Waals surface area contributed by atoms with E-state index >= 15 is 0 Å². The minimum absolute atomic E-state index is 0.150. The first-order valence-corrected chi connectivity index (χ1v) is 10.9. The largest absolute Gasteiger partial charge is 0.349 e. The van der Waals surface area contributed by atoms with Crippen molar-refractivity contribution in [3.63, 3.8) is 0 Å².